The van der Waals surface area contributed by atoms with Gasteiger partial charge < -0.3 is 15.2 Å². The average molecular weight is 756 g/mol. The number of benzene rings is 3. The van der Waals surface area contributed by atoms with Crippen molar-refractivity contribution in [3.05, 3.63) is 111 Å². The van der Waals surface area contributed by atoms with Gasteiger partial charge in [0.15, 0.2) is 23.0 Å². The molecule has 0 fully saturated rings. The molecule has 0 aliphatic rings. The molecule has 52 heavy (non-hydrogen) atoms. The summed E-state index contributed by atoms with van der Waals surface area (Å²) in [4.78, 5) is 48.1. The summed E-state index contributed by atoms with van der Waals surface area (Å²) in [5.74, 6) is -4.62. The predicted octanol–water partition coefficient (Wildman–Crippen LogP) is 5.39. The molecule has 0 radical (unpaired) electrons. The van der Waals surface area contributed by atoms with Gasteiger partial charge in [-0.3, -0.25) is 18.8 Å². The zero-order chi connectivity index (χ0) is 37.6. The molecule has 0 aliphatic heterocycles. The first kappa shape index (κ1) is 35.8. The zero-order valence-corrected chi connectivity index (χ0v) is 28.7. The van der Waals surface area contributed by atoms with Crippen LogP contribution < -0.4 is 19.9 Å². The monoisotopic (exact) mass is 755 g/mol. The molecule has 19 heteroatoms. The molecular weight excluding hydrogens is 731 g/mol. The number of hydrogen-bond acceptors (Lipinski definition) is 9. The summed E-state index contributed by atoms with van der Waals surface area (Å²) in [7, 11) is -2.85. The number of ether oxygens (including phenoxy) is 1. The van der Waals surface area contributed by atoms with Crippen molar-refractivity contribution in [1.82, 2.24) is 29.6 Å². The van der Waals surface area contributed by atoms with E-state index in [0.29, 0.717) is 10.4 Å². The Kier molecular flexibility index (Phi) is 9.37. The number of carbonyl (C=O) groups is 2. The second-order valence-electron chi connectivity index (χ2n) is 11.4. The third-order valence-corrected chi connectivity index (χ3v) is 9.11. The van der Waals surface area contributed by atoms with E-state index < -0.39 is 57.5 Å². The minimum absolute atomic E-state index is 0.0141. The van der Waals surface area contributed by atoms with Crippen molar-refractivity contribution in [3.63, 3.8) is 0 Å². The third-order valence-electron chi connectivity index (χ3n) is 7.70. The van der Waals surface area contributed by atoms with Gasteiger partial charge in [-0.05, 0) is 48.0 Å². The maximum Gasteiger partial charge on any atom is 0.405 e. The number of para-hydroxylation sites is 1. The normalized spacial score (nSPS) is 12.2. The van der Waals surface area contributed by atoms with Crippen LogP contribution in [-0.4, -0.2) is 56.1 Å². The van der Waals surface area contributed by atoms with Gasteiger partial charge in [0.05, 0.1) is 39.3 Å². The highest BCUT2D eigenvalue weighted by molar-refractivity contribution is 7.92. The number of rotatable bonds is 9. The van der Waals surface area contributed by atoms with Crippen LogP contribution in [0.25, 0.3) is 27.6 Å². The Labute approximate surface area is 296 Å². The summed E-state index contributed by atoms with van der Waals surface area (Å²) in [6, 6.07) is 11.8. The molecule has 3 heterocycles. The molecule has 3 aromatic carbocycles. The number of nitrogens with one attached hydrogen (secondary N) is 1. The molecule has 3 aromatic heterocycles. The lowest BCUT2D eigenvalue weighted by Gasteiger charge is -2.22. The number of carboxylic acid groups (broad SMARTS) is 1. The number of amides is 2. The van der Waals surface area contributed by atoms with Gasteiger partial charge in [0.1, 0.15) is 17.5 Å². The van der Waals surface area contributed by atoms with Gasteiger partial charge in [-0.2, -0.15) is 14.4 Å². The van der Waals surface area contributed by atoms with Crippen molar-refractivity contribution >= 4 is 61.4 Å². The standard InChI is InChI=1S/C33H25ClF3N7O7S/c1-16(45)44(52(3,49)50)31-27-21(34)9-10-24(28(27)42(2)41-31)43-30(23(38-33(47)48)14-17-12-18(35)15-19(36)13-17)40-29-20(32(43)46)8-11-26(39-29)51-25-7-5-4-6-22(25)37/h4-13,15,23,38H,14H2,1-3H3,(H,47,48)/t23-/m0/s1. The number of pyridine rings is 1. The van der Waals surface area contributed by atoms with Crippen LogP contribution in [0.3, 0.4) is 0 Å². The minimum Gasteiger partial charge on any atom is -0.465 e. The van der Waals surface area contributed by atoms with Crippen molar-refractivity contribution in [2.24, 2.45) is 7.05 Å². The average Bonchev–Trinajstić information content (AvgIpc) is 3.37. The number of halogens is 4. The molecule has 14 nitrogen and oxygen atoms in total. The highest BCUT2D eigenvalue weighted by atomic mass is 35.5. The minimum atomic E-state index is -4.24. The summed E-state index contributed by atoms with van der Waals surface area (Å²) in [6.45, 7) is 1.00. The topological polar surface area (TPSA) is 179 Å². The molecule has 1 atom stereocenters. The van der Waals surface area contributed by atoms with Gasteiger partial charge in [0.2, 0.25) is 21.8 Å². The largest absolute Gasteiger partial charge is 0.465 e. The number of carbonyl (C=O) groups excluding carboxylic acids is 1. The van der Waals surface area contributed by atoms with E-state index in [4.69, 9.17) is 16.3 Å². The van der Waals surface area contributed by atoms with Crippen LogP contribution in [0.15, 0.2) is 71.5 Å². The zero-order valence-electron chi connectivity index (χ0n) is 27.1. The van der Waals surface area contributed by atoms with Crippen LogP contribution in [0.4, 0.5) is 23.8 Å². The highest BCUT2D eigenvalue weighted by Gasteiger charge is 2.32. The summed E-state index contributed by atoms with van der Waals surface area (Å²) in [5, 5.41) is 16.1. The number of sulfonamides is 1. The van der Waals surface area contributed by atoms with Gasteiger partial charge in [-0.15, -0.1) is 0 Å². The second kappa shape index (κ2) is 13.6. The summed E-state index contributed by atoms with van der Waals surface area (Å²) in [5.41, 5.74) is -1.17. The number of hydrogen-bond donors (Lipinski definition) is 2. The van der Waals surface area contributed by atoms with Crippen LogP contribution in [0.5, 0.6) is 11.6 Å². The molecule has 268 valence electrons. The first-order chi connectivity index (χ1) is 24.5. The van der Waals surface area contributed by atoms with Crippen LogP contribution in [0.2, 0.25) is 5.02 Å². The van der Waals surface area contributed by atoms with Crippen molar-refractivity contribution in [2.45, 2.75) is 19.4 Å². The summed E-state index contributed by atoms with van der Waals surface area (Å²) >= 11 is 6.57. The van der Waals surface area contributed by atoms with Crippen LogP contribution >= 0.6 is 11.6 Å². The Morgan fingerprint density at radius 1 is 1.04 bits per heavy atom. The number of aromatic nitrogens is 5. The summed E-state index contributed by atoms with van der Waals surface area (Å²) in [6.07, 6.45) is -1.25. The van der Waals surface area contributed by atoms with Gasteiger partial charge >= 0.3 is 6.09 Å². The van der Waals surface area contributed by atoms with E-state index in [2.05, 4.69) is 20.4 Å². The van der Waals surface area contributed by atoms with Gasteiger partial charge in [-0.25, -0.2) is 31.4 Å². The molecule has 2 N–H and O–H groups in total. The highest BCUT2D eigenvalue weighted by Crippen LogP contribution is 2.37. The number of fused-ring (bicyclic) bond motifs is 2. The fraction of sp³-hybridized carbons (Fsp3) is 0.152. The Hall–Kier alpha value is -6.01. The second-order valence-corrected chi connectivity index (χ2v) is 13.7. The molecular formula is C33H25ClF3N7O7S. The Balaban J connectivity index is 1.67. The molecule has 2 amide bonds. The van der Waals surface area contributed by atoms with Gasteiger partial charge in [0, 0.05) is 32.5 Å². The van der Waals surface area contributed by atoms with Gasteiger partial charge in [-0.1, -0.05) is 23.7 Å². The molecule has 0 saturated carbocycles. The number of aryl methyl sites for hydroxylation is 1. The van der Waals surface area contributed by atoms with E-state index >= 15 is 0 Å². The van der Waals surface area contributed by atoms with E-state index in [1.165, 1.54) is 54.2 Å². The Morgan fingerprint density at radius 3 is 2.37 bits per heavy atom. The quantitative estimate of drug-likeness (QED) is 0.194. The van der Waals surface area contributed by atoms with Crippen LogP contribution in [-0.2, 0) is 28.3 Å². The number of nitrogens with zero attached hydrogens (tertiary/aromatic N) is 6. The lowest BCUT2D eigenvalue weighted by Crippen LogP contribution is -2.35. The first-order valence-corrected chi connectivity index (χ1v) is 17.2. The Bertz CT molecular complexity index is 2600. The molecule has 0 saturated heterocycles. The lowest BCUT2D eigenvalue weighted by molar-refractivity contribution is -0.115. The van der Waals surface area contributed by atoms with Crippen molar-refractivity contribution in [2.75, 3.05) is 10.6 Å². The van der Waals surface area contributed by atoms with Crippen molar-refractivity contribution < 1.29 is 41.0 Å². The van der Waals surface area contributed by atoms with Crippen LogP contribution in [0.1, 0.15) is 24.4 Å². The van der Waals surface area contributed by atoms with Crippen molar-refractivity contribution in [3.8, 4) is 17.3 Å². The van der Waals surface area contributed by atoms with Crippen LogP contribution in [0, 0.1) is 17.5 Å². The molecule has 6 rings (SSSR count). The fourth-order valence-electron chi connectivity index (χ4n) is 5.75. The first-order valence-electron chi connectivity index (χ1n) is 15.0. The molecule has 0 bridgehead atoms. The van der Waals surface area contributed by atoms with Crippen molar-refractivity contribution in [1.29, 1.82) is 0 Å². The van der Waals surface area contributed by atoms with E-state index in [9.17, 15) is 41.1 Å². The molecule has 6 aromatic rings. The van der Waals surface area contributed by atoms with Gasteiger partial charge in [0.25, 0.3) is 5.56 Å². The summed E-state index contributed by atoms with van der Waals surface area (Å²) < 4.78 is 76.6. The number of anilines is 1. The maximum atomic E-state index is 14.5. The smallest absolute Gasteiger partial charge is 0.405 e. The van der Waals surface area contributed by atoms with E-state index in [1.807, 2.05) is 0 Å². The maximum absolute atomic E-state index is 14.5. The Morgan fingerprint density at radius 2 is 1.73 bits per heavy atom. The predicted molar refractivity (Wildman–Crippen MR) is 183 cm³/mol. The molecule has 0 aliphatic carbocycles. The van der Waals surface area contributed by atoms with E-state index in [0.717, 1.165) is 35.9 Å². The fourth-order valence-corrected chi connectivity index (χ4v) is 6.90. The van der Waals surface area contributed by atoms with E-state index in [-0.39, 0.29) is 61.5 Å². The molecule has 0 spiro atoms. The molecule has 0 unspecified atom stereocenters. The SMILES string of the molecule is CC(=O)N(c1nn(C)c2c(-n3c([C@H](Cc4cc(F)cc(F)c4)NC(=O)O)nc4nc(Oc5ccccc5F)ccc4c3=O)ccc(Cl)c12)S(C)(=O)=O. The lowest BCUT2D eigenvalue weighted by atomic mass is 10.0. The van der Waals surface area contributed by atoms with E-state index in [1.54, 1.807) is 0 Å². The third kappa shape index (κ3) is 6.84.